The molecule has 1 heteroatoms. The molecule has 0 saturated carbocycles. The highest BCUT2D eigenvalue weighted by molar-refractivity contribution is 5.23. The lowest BCUT2D eigenvalue weighted by atomic mass is 9.86. The SMILES string of the molecule is CNC(Cc1cccc(C)c1)CC(C)(C)C. The van der Waals surface area contributed by atoms with E-state index in [1.54, 1.807) is 0 Å². The number of hydrogen-bond donors (Lipinski definition) is 1. The molecule has 90 valence electrons. The van der Waals surface area contributed by atoms with Crippen LogP contribution in [0.5, 0.6) is 0 Å². The summed E-state index contributed by atoms with van der Waals surface area (Å²) in [6.45, 7) is 9.05. The van der Waals surface area contributed by atoms with Crippen molar-refractivity contribution in [3.8, 4) is 0 Å². The summed E-state index contributed by atoms with van der Waals surface area (Å²) in [5.74, 6) is 0. The molecule has 0 saturated heterocycles. The lowest BCUT2D eigenvalue weighted by molar-refractivity contribution is 0.316. The predicted octanol–water partition coefficient (Wildman–Crippen LogP) is 3.56. The molecule has 0 spiro atoms. The van der Waals surface area contributed by atoms with Crippen LogP contribution in [0.3, 0.4) is 0 Å². The van der Waals surface area contributed by atoms with Crippen LogP contribution >= 0.6 is 0 Å². The maximum Gasteiger partial charge on any atom is 0.0109 e. The Morgan fingerprint density at radius 3 is 2.44 bits per heavy atom. The predicted molar refractivity (Wildman–Crippen MR) is 71.8 cm³/mol. The summed E-state index contributed by atoms with van der Waals surface area (Å²) >= 11 is 0. The van der Waals surface area contributed by atoms with Crippen LogP contribution in [-0.2, 0) is 6.42 Å². The van der Waals surface area contributed by atoms with Crippen molar-refractivity contribution in [3.63, 3.8) is 0 Å². The minimum Gasteiger partial charge on any atom is -0.317 e. The molecule has 1 rings (SSSR count). The highest BCUT2D eigenvalue weighted by Gasteiger charge is 2.17. The second-order valence-corrected chi connectivity index (χ2v) is 5.94. The average molecular weight is 219 g/mol. The van der Waals surface area contributed by atoms with Crippen LogP contribution in [0.4, 0.5) is 0 Å². The van der Waals surface area contributed by atoms with Gasteiger partial charge in [0.2, 0.25) is 0 Å². The lowest BCUT2D eigenvalue weighted by Crippen LogP contribution is -2.32. The summed E-state index contributed by atoms with van der Waals surface area (Å²) in [6.07, 6.45) is 2.33. The Morgan fingerprint density at radius 2 is 1.94 bits per heavy atom. The smallest absolute Gasteiger partial charge is 0.0109 e. The van der Waals surface area contributed by atoms with Gasteiger partial charge in [-0.05, 0) is 37.8 Å². The zero-order chi connectivity index (χ0) is 12.2. The van der Waals surface area contributed by atoms with Crippen LogP contribution in [0.25, 0.3) is 0 Å². The number of aryl methyl sites for hydroxylation is 1. The van der Waals surface area contributed by atoms with Crippen molar-refractivity contribution >= 4 is 0 Å². The van der Waals surface area contributed by atoms with Crippen LogP contribution in [0, 0.1) is 12.3 Å². The summed E-state index contributed by atoms with van der Waals surface area (Å²) in [5, 5.41) is 3.43. The first kappa shape index (κ1) is 13.2. The highest BCUT2D eigenvalue weighted by atomic mass is 14.9. The van der Waals surface area contributed by atoms with Crippen LogP contribution in [0.1, 0.15) is 38.3 Å². The van der Waals surface area contributed by atoms with Crippen molar-refractivity contribution in [1.29, 1.82) is 0 Å². The van der Waals surface area contributed by atoms with Crippen molar-refractivity contribution in [2.24, 2.45) is 5.41 Å². The molecular weight excluding hydrogens is 194 g/mol. The molecule has 0 aliphatic heterocycles. The van der Waals surface area contributed by atoms with Gasteiger partial charge in [-0.2, -0.15) is 0 Å². The molecule has 1 aromatic rings. The number of nitrogens with one attached hydrogen (secondary N) is 1. The van der Waals surface area contributed by atoms with E-state index in [4.69, 9.17) is 0 Å². The van der Waals surface area contributed by atoms with Crippen LogP contribution in [0.15, 0.2) is 24.3 Å². The largest absolute Gasteiger partial charge is 0.317 e. The van der Waals surface area contributed by atoms with E-state index in [0.717, 1.165) is 6.42 Å². The first-order valence-electron chi connectivity index (χ1n) is 6.13. The Balaban J connectivity index is 2.63. The van der Waals surface area contributed by atoms with Crippen molar-refractivity contribution in [2.45, 2.75) is 46.6 Å². The van der Waals surface area contributed by atoms with Gasteiger partial charge in [0.05, 0.1) is 0 Å². The fraction of sp³-hybridized carbons (Fsp3) is 0.600. The van der Waals surface area contributed by atoms with E-state index in [2.05, 4.69) is 64.3 Å². The molecule has 0 fully saturated rings. The molecule has 0 amide bonds. The quantitative estimate of drug-likeness (QED) is 0.816. The topological polar surface area (TPSA) is 12.0 Å². The Labute approximate surface area is 100 Å². The molecule has 0 heterocycles. The zero-order valence-corrected chi connectivity index (χ0v) is 11.3. The molecule has 0 aromatic heterocycles. The summed E-state index contributed by atoms with van der Waals surface area (Å²) in [7, 11) is 2.06. The van der Waals surface area contributed by atoms with E-state index in [1.807, 2.05) is 0 Å². The Hall–Kier alpha value is -0.820. The van der Waals surface area contributed by atoms with Crippen molar-refractivity contribution in [2.75, 3.05) is 7.05 Å². The molecule has 0 radical (unpaired) electrons. The Morgan fingerprint density at radius 1 is 1.25 bits per heavy atom. The molecular formula is C15H25N. The Kier molecular flexibility index (Phi) is 4.55. The molecule has 1 N–H and O–H groups in total. The molecule has 1 unspecified atom stereocenters. The van der Waals surface area contributed by atoms with E-state index in [1.165, 1.54) is 17.5 Å². The second-order valence-electron chi connectivity index (χ2n) is 5.94. The monoisotopic (exact) mass is 219 g/mol. The number of rotatable bonds is 4. The minimum absolute atomic E-state index is 0.386. The zero-order valence-electron chi connectivity index (χ0n) is 11.3. The summed E-state index contributed by atoms with van der Waals surface area (Å²) in [5.41, 5.74) is 3.17. The molecule has 0 bridgehead atoms. The number of likely N-dealkylation sites (N-methyl/N-ethyl adjacent to an activating group) is 1. The highest BCUT2D eigenvalue weighted by Crippen LogP contribution is 2.22. The van der Waals surface area contributed by atoms with Crippen molar-refractivity contribution < 1.29 is 0 Å². The van der Waals surface area contributed by atoms with E-state index in [9.17, 15) is 0 Å². The summed E-state index contributed by atoms with van der Waals surface area (Å²) in [4.78, 5) is 0. The van der Waals surface area contributed by atoms with Gasteiger partial charge in [0, 0.05) is 6.04 Å². The third-order valence-corrected chi connectivity index (χ3v) is 2.83. The maximum atomic E-state index is 3.43. The van der Waals surface area contributed by atoms with Gasteiger partial charge in [-0.25, -0.2) is 0 Å². The van der Waals surface area contributed by atoms with E-state index < -0.39 is 0 Å². The van der Waals surface area contributed by atoms with Crippen molar-refractivity contribution in [3.05, 3.63) is 35.4 Å². The normalized spacial score (nSPS) is 13.8. The Bertz CT molecular complexity index is 322. The molecule has 1 aromatic carbocycles. The summed E-state index contributed by atoms with van der Waals surface area (Å²) < 4.78 is 0. The van der Waals surface area contributed by atoms with E-state index >= 15 is 0 Å². The van der Waals surface area contributed by atoms with E-state index in [-0.39, 0.29) is 0 Å². The van der Waals surface area contributed by atoms with E-state index in [0.29, 0.717) is 11.5 Å². The van der Waals surface area contributed by atoms with Gasteiger partial charge in [0.15, 0.2) is 0 Å². The van der Waals surface area contributed by atoms with Gasteiger partial charge in [-0.3, -0.25) is 0 Å². The third kappa shape index (κ3) is 4.80. The van der Waals surface area contributed by atoms with Gasteiger partial charge in [-0.1, -0.05) is 50.6 Å². The second kappa shape index (κ2) is 5.49. The molecule has 0 aliphatic carbocycles. The van der Waals surface area contributed by atoms with Gasteiger partial charge < -0.3 is 5.32 Å². The average Bonchev–Trinajstić information content (AvgIpc) is 2.14. The molecule has 1 nitrogen and oxygen atoms in total. The van der Waals surface area contributed by atoms with Gasteiger partial charge in [0.1, 0.15) is 0 Å². The third-order valence-electron chi connectivity index (χ3n) is 2.83. The van der Waals surface area contributed by atoms with Crippen LogP contribution in [0.2, 0.25) is 0 Å². The van der Waals surface area contributed by atoms with Crippen LogP contribution in [-0.4, -0.2) is 13.1 Å². The lowest BCUT2D eigenvalue weighted by Gasteiger charge is -2.25. The number of hydrogen-bond acceptors (Lipinski definition) is 1. The minimum atomic E-state index is 0.386. The van der Waals surface area contributed by atoms with Gasteiger partial charge in [0.25, 0.3) is 0 Å². The number of benzene rings is 1. The first-order valence-corrected chi connectivity index (χ1v) is 6.13. The van der Waals surface area contributed by atoms with Crippen LogP contribution < -0.4 is 5.32 Å². The van der Waals surface area contributed by atoms with Gasteiger partial charge in [-0.15, -0.1) is 0 Å². The van der Waals surface area contributed by atoms with Crippen molar-refractivity contribution in [1.82, 2.24) is 5.32 Å². The first-order chi connectivity index (χ1) is 7.40. The molecule has 0 aliphatic rings. The molecule has 16 heavy (non-hydrogen) atoms. The fourth-order valence-electron chi connectivity index (χ4n) is 2.14. The molecule has 1 atom stereocenters. The summed E-state index contributed by atoms with van der Waals surface area (Å²) in [6, 6.07) is 9.38. The fourth-order valence-corrected chi connectivity index (χ4v) is 2.14. The maximum absolute atomic E-state index is 3.43. The standard InChI is InChI=1S/C15H25N/c1-12-7-6-8-13(9-12)10-14(16-5)11-15(2,3)4/h6-9,14,16H,10-11H2,1-5H3. The van der Waals surface area contributed by atoms with Gasteiger partial charge >= 0.3 is 0 Å².